The van der Waals surface area contributed by atoms with E-state index in [2.05, 4.69) is 22.2 Å². The molecule has 6 nitrogen and oxygen atoms in total. The van der Waals surface area contributed by atoms with Gasteiger partial charge in [-0.1, -0.05) is 13.3 Å². The van der Waals surface area contributed by atoms with Gasteiger partial charge in [0.2, 0.25) is 0 Å². The van der Waals surface area contributed by atoms with E-state index in [0.29, 0.717) is 56.3 Å². The van der Waals surface area contributed by atoms with Gasteiger partial charge in [-0.2, -0.15) is 0 Å². The number of hydrogen-bond donors (Lipinski definition) is 1. The van der Waals surface area contributed by atoms with Crippen LogP contribution in [0.2, 0.25) is 0 Å². The minimum Gasteiger partial charge on any atom is -0.366 e. The van der Waals surface area contributed by atoms with Crippen LogP contribution in [0.4, 0.5) is 14.9 Å². The molecule has 2 fully saturated rings. The molecule has 1 aliphatic heterocycles. The summed E-state index contributed by atoms with van der Waals surface area (Å²) in [4.78, 5) is 24.7. The summed E-state index contributed by atoms with van der Waals surface area (Å²) in [6, 6.07) is 2.05. The maximum absolute atomic E-state index is 13.9. The number of nitrogens with one attached hydrogen (secondary N) is 1. The highest BCUT2D eigenvalue weighted by atomic mass is 19.1. The summed E-state index contributed by atoms with van der Waals surface area (Å²) in [6.07, 6.45) is 8.18. The highest BCUT2D eigenvalue weighted by Crippen LogP contribution is 2.31. The molecule has 3 rings (SSSR count). The van der Waals surface area contributed by atoms with Gasteiger partial charge in [0.15, 0.2) is 5.82 Å². The smallest absolute Gasteiger partial charge is 0.317 e. The molecule has 1 saturated heterocycles. The summed E-state index contributed by atoms with van der Waals surface area (Å²) < 4.78 is 13.9. The Hall–Kier alpha value is -2.18. The zero-order valence-electron chi connectivity index (χ0n) is 16.3. The Labute approximate surface area is 160 Å². The van der Waals surface area contributed by atoms with Gasteiger partial charge >= 0.3 is 6.03 Å². The van der Waals surface area contributed by atoms with E-state index in [0.717, 1.165) is 12.8 Å². The molecule has 2 heterocycles. The van der Waals surface area contributed by atoms with Gasteiger partial charge in [0.05, 0.1) is 17.9 Å². The van der Waals surface area contributed by atoms with Crippen LogP contribution >= 0.6 is 0 Å². The van der Waals surface area contributed by atoms with Crippen molar-refractivity contribution in [1.82, 2.24) is 15.2 Å². The molecule has 1 N–H and O–H groups in total. The van der Waals surface area contributed by atoms with Gasteiger partial charge < -0.3 is 15.1 Å². The SMILES string of the molecule is C/C=N\C1CCCC(CNC(=O)N2CCN(c3ccncc3F)CC2)C1C. The van der Waals surface area contributed by atoms with E-state index in [1.54, 1.807) is 12.3 Å². The molecule has 3 atom stereocenters. The number of halogens is 1. The molecule has 0 bridgehead atoms. The van der Waals surface area contributed by atoms with Crippen LogP contribution in [0.5, 0.6) is 0 Å². The van der Waals surface area contributed by atoms with E-state index in [4.69, 9.17) is 0 Å². The Bertz CT molecular complexity index is 660. The van der Waals surface area contributed by atoms with Crippen LogP contribution in [0.3, 0.4) is 0 Å². The first-order valence-electron chi connectivity index (χ1n) is 9.95. The van der Waals surface area contributed by atoms with E-state index >= 15 is 0 Å². The molecule has 0 spiro atoms. The Morgan fingerprint density at radius 2 is 2.15 bits per heavy atom. The van der Waals surface area contributed by atoms with Gasteiger partial charge in [0, 0.05) is 38.9 Å². The van der Waals surface area contributed by atoms with Crippen LogP contribution in [0.1, 0.15) is 33.1 Å². The molecule has 0 aromatic carbocycles. The minimum atomic E-state index is -0.314. The van der Waals surface area contributed by atoms with Crippen molar-refractivity contribution >= 4 is 17.9 Å². The maximum atomic E-state index is 13.9. The standard InChI is InChI=1S/C20H30FN5O/c1-3-23-18-6-4-5-16(15(18)2)13-24-20(27)26-11-9-25(10-12-26)19-7-8-22-14-17(19)21/h3,7-8,14-16,18H,4-6,9-13H2,1-2H3,(H,24,27)/b23-3-. The minimum absolute atomic E-state index is 0.0156. The molecule has 27 heavy (non-hydrogen) atoms. The first-order valence-corrected chi connectivity index (χ1v) is 9.95. The second kappa shape index (κ2) is 9.15. The van der Waals surface area contributed by atoms with E-state index in [1.807, 2.05) is 22.9 Å². The largest absolute Gasteiger partial charge is 0.366 e. The van der Waals surface area contributed by atoms with E-state index in [1.165, 1.54) is 12.6 Å². The molecule has 1 aromatic rings. The third kappa shape index (κ3) is 4.76. The van der Waals surface area contributed by atoms with Gasteiger partial charge in [0.1, 0.15) is 0 Å². The predicted molar refractivity (Wildman–Crippen MR) is 106 cm³/mol. The second-order valence-electron chi connectivity index (χ2n) is 7.51. The van der Waals surface area contributed by atoms with Crippen molar-refractivity contribution in [2.24, 2.45) is 16.8 Å². The number of urea groups is 1. The molecule has 2 aliphatic rings. The Morgan fingerprint density at radius 1 is 1.37 bits per heavy atom. The fourth-order valence-corrected chi connectivity index (χ4v) is 4.22. The third-order valence-electron chi connectivity index (χ3n) is 5.94. The van der Waals surface area contributed by atoms with Crippen LogP contribution in [0.25, 0.3) is 0 Å². The predicted octanol–water partition coefficient (Wildman–Crippen LogP) is 2.95. The fourth-order valence-electron chi connectivity index (χ4n) is 4.22. The van der Waals surface area contributed by atoms with Crippen LogP contribution < -0.4 is 10.2 Å². The first-order chi connectivity index (χ1) is 13.1. The quantitative estimate of drug-likeness (QED) is 0.823. The Kier molecular flexibility index (Phi) is 6.63. The highest BCUT2D eigenvalue weighted by Gasteiger charge is 2.30. The summed E-state index contributed by atoms with van der Waals surface area (Å²) in [5, 5.41) is 3.11. The van der Waals surface area contributed by atoms with Crippen molar-refractivity contribution in [3.8, 4) is 0 Å². The van der Waals surface area contributed by atoms with Crippen molar-refractivity contribution in [3.05, 3.63) is 24.3 Å². The normalized spacial score (nSPS) is 26.4. The van der Waals surface area contributed by atoms with E-state index < -0.39 is 0 Å². The monoisotopic (exact) mass is 375 g/mol. The Balaban J connectivity index is 1.46. The number of rotatable bonds is 4. The average Bonchev–Trinajstić information content (AvgIpc) is 2.69. The number of aliphatic imine (C=N–C) groups is 1. The summed E-state index contributed by atoms with van der Waals surface area (Å²) in [6.45, 7) is 7.36. The zero-order valence-corrected chi connectivity index (χ0v) is 16.3. The molecule has 148 valence electrons. The molecule has 7 heteroatoms. The lowest BCUT2D eigenvalue weighted by atomic mass is 9.77. The number of aromatic nitrogens is 1. The van der Waals surface area contributed by atoms with Crippen molar-refractivity contribution in [1.29, 1.82) is 0 Å². The number of piperazine rings is 1. The van der Waals surface area contributed by atoms with Crippen LogP contribution in [-0.2, 0) is 0 Å². The highest BCUT2D eigenvalue weighted by molar-refractivity contribution is 5.74. The van der Waals surface area contributed by atoms with Gasteiger partial charge in [-0.3, -0.25) is 9.98 Å². The Morgan fingerprint density at radius 3 is 2.85 bits per heavy atom. The van der Waals surface area contributed by atoms with Crippen LogP contribution in [0, 0.1) is 17.7 Å². The lowest BCUT2D eigenvalue weighted by Gasteiger charge is -2.37. The number of nitrogens with zero attached hydrogens (tertiary/aromatic N) is 4. The van der Waals surface area contributed by atoms with Crippen LogP contribution in [-0.4, -0.2) is 60.9 Å². The maximum Gasteiger partial charge on any atom is 0.317 e. The van der Waals surface area contributed by atoms with Gasteiger partial charge in [-0.25, -0.2) is 9.18 Å². The molecule has 0 radical (unpaired) electrons. The zero-order chi connectivity index (χ0) is 19.2. The number of anilines is 1. The summed E-state index contributed by atoms with van der Waals surface area (Å²) >= 11 is 0. The van der Waals surface area contributed by atoms with Crippen LogP contribution in [0.15, 0.2) is 23.5 Å². The molecule has 1 aliphatic carbocycles. The lowest BCUT2D eigenvalue weighted by molar-refractivity contribution is 0.180. The molecule has 1 aromatic heterocycles. The number of pyridine rings is 1. The lowest BCUT2D eigenvalue weighted by Crippen LogP contribution is -2.53. The second-order valence-corrected chi connectivity index (χ2v) is 7.51. The van der Waals surface area contributed by atoms with Crippen molar-refractivity contribution in [3.63, 3.8) is 0 Å². The molecule has 2 amide bonds. The number of amides is 2. The first kappa shape index (κ1) is 19.6. The van der Waals surface area contributed by atoms with Gasteiger partial charge in [0.25, 0.3) is 0 Å². The molecular weight excluding hydrogens is 345 g/mol. The topological polar surface area (TPSA) is 60.8 Å². The van der Waals surface area contributed by atoms with E-state index in [9.17, 15) is 9.18 Å². The van der Waals surface area contributed by atoms with Crippen molar-refractivity contribution in [2.45, 2.75) is 39.2 Å². The molecule has 1 saturated carbocycles. The fraction of sp³-hybridized carbons (Fsp3) is 0.650. The van der Waals surface area contributed by atoms with Crippen molar-refractivity contribution < 1.29 is 9.18 Å². The summed E-state index contributed by atoms with van der Waals surface area (Å²) in [7, 11) is 0. The molecular formula is C20H30FN5O. The number of hydrogen-bond acceptors (Lipinski definition) is 4. The average molecular weight is 375 g/mol. The third-order valence-corrected chi connectivity index (χ3v) is 5.94. The van der Waals surface area contributed by atoms with Crippen molar-refractivity contribution in [2.75, 3.05) is 37.6 Å². The number of carbonyl (C=O) groups excluding carboxylic acids is 1. The van der Waals surface area contributed by atoms with Gasteiger partial charge in [-0.05, 0) is 43.9 Å². The molecule has 3 unspecified atom stereocenters. The summed E-state index contributed by atoms with van der Waals surface area (Å²) in [5.41, 5.74) is 0.559. The van der Waals surface area contributed by atoms with E-state index in [-0.39, 0.29) is 11.8 Å². The summed E-state index contributed by atoms with van der Waals surface area (Å²) in [5.74, 6) is 0.649. The van der Waals surface area contributed by atoms with Gasteiger partial charge in [-0.15, -0.1) is 0 Å². The number of carbonyl (C=O) groups is 1.